The van der Waals surface area contributed by atoms with Gasteiger partial charge in [-0.15, -0.1) is 0 Å². The topological polar surface area (TPSA) is 23.5 Å². The molecule has 2 unspecified atom stereocenters. The Balaban J connectivity index is 1.96. The summed E-state index contributed by atoms with van der Waals surface area (Å²) in [4.78, 5) is 2.65. The van der Waals surface area contributed by atoms with Crippen molar-refractivity contribution in [2.24, 2.45) is 5.92 Å². The van der Waals surface area contributed by atoms with Gasteiger partial charge in [0.15, 0.2) is 0 Å². The van der Waals surface area contributed by atoms with Crippen molar-refractivity contribution in [2.75, 3.05) is 19.6 Å². The van der Waals surface area contributed by atoms with E-state index in [1.807, 2.05) is 6.07 Å². The van der Waals surface area contributed by atoms with Gasteiger partial charge in [-0.3, -0.25) is 0 Å². The first-order chi connectivity index (χ1) is 10.6. The molecule has 2 atom stereocenters. The summed E-state index contributed by atoms with van der Waals surface area (Å²) in [6, 6.07) is 8.55. The molecule has 0 spiro atoms. The molecule has 2 heteroatoms. The van der Waals surface area contributed by atoms with Crippen LogP contribution in [0.15, 0.2) is 24.3 Å². The predicted molar refractivity (Wildman–Crippen MR) is 94.1 cm³/mol. The van der Waals surface area contributed by atoms with E-state index in [-0.39, 0.29) is 12.0 Å². The molecule has 2 rings (SSSR count). The van der Waals surface area contributed by atoms with E-state index in [1.54, 1.807) is 0 Å². The number of aliphatic hydroxyl groups excluding tert-OH is 1. The van der Waals surface area contributed by atoms with Crippen LogP contribution in [0.1, 0.15) is 64.0 Å². The lowest BCUT2D eigenvalue weighted by Crippen LogP contribution is -2.47. The first-order valence-electron chi connectivity index (χ1n) is 9.02. The van der Waals surface area contributed by atoms with Crippen LogP contribution < -0.4 is 0 Å². The van der Waals surface area contributed by atoms with Crippen molar-refractivity contribution in [1.29, 1.82) is 0 Å². The molecule has 0 saturated carbocycles. The van der Waals surface area contributed by atoms with Gasteiger partial charge in [0.2, 0.25) is 0 Å². The van der Waals surface area contributed by atoms with Crippen molar-refractivity contribution in [3.8, 4) is 0 Å². The largest absolute Gasteiger partial charge is 0.392 e. The zero-order chi connectivity index (χ0) is 16.0. The number of rotatable bonds is 7. The van der Waals surface area contributed by atoms with E-state index in [1.165, 1.54) is 57.3 Å². The van der Waals surface area contributed by atoms with Crippen LogP contribution in [-0.4, -0.2) is 29.6 Å². The Hall–Kier alpha value is -0.860. The fourth-order valence-electron chi connectivity index (χ4n) is 3.74. The minimum Gasteiger partial charge on any atom is -0.392 e. The smallest absolute Gasteiger partial charge is 0.0681 e. The highest BCUT2D eigenvalue weighted by Crippen LogP contribution is 2.39. The predicted octanol–water partition coefficient (Wildman–Crippen LogP) is 4.36. The van der Waals surface area contributed by atoms with Crippen LogP contribution in [0.25, 0.3) is 0 Å². The molecule has 1 fully saturated rings. The quantitative estimate of drug-likeness (QED) is 0.757. The van der Waals surface area contributed by atoms with Crippen LogP contribution in [0.4, 0.5) is 0 Å². The van der Waals surface area contributed by atoms with E-state index < -0.39 is 0 Å². The molecule has 1 aromatic rings. The minimum absolute atomic E-state index is 0.141. The second-order valence-electron chi connectivity index (χ2n) is 7.29. The summed E-state index contributed by atoms with van der Waals surface area (Å²) < 4.78 is 0. The number of hydrogen-bond donors (Lipinski definition) is 1. The van der Waals surface area contributed by atoms with Gasteiger partial charge in [-0.25, -0.2) is 0 Å². The minimum atomic E-state index is 0.141. The summed E-state index contributed by atoms with van der Waals surface area (Å²) in [7, 11) is 0. The molecule has 0 amide bonds. The lowest BCUT2D eigenvalue weighted by molar-refractivity contribution is 0.109. The molecule has 0 radical (unpaired) electrons. The molecule has 0 aliphatic carbocycles. The van der Waals surface area contributed by atoms with Crippen molar-refractivity contribution < 1.29 is 5.11 Å². The zero-order valence-electron chi connectivity index (χ0n) is 14.6. The molecule has 2 nitrogen and oxygen atoms in total. The van der Waals surface area contributed by atoms with Crippen molar-refractivity contribution in [3.63, 3.8) is 0 Å². The van der Waals surface area contributed by atoms with Crippen LogP contribution >= 0.6 is 0 Å². The fourth-order valence-corrected chi connectivity index (χ4v) is 3.74. The van der Waals surface area contributed by atoms with Gasteiger partial charge in [0.1, 0.15) is 0 Å². The molecule has 1 N–H and O–H groups in total. The standard InChI is InChI=1S/C20H33NO/c1-4-5-6-7-12-21-13-11-20(3,17(2)15-21)19-10-8-9-18(14-19)16-22/h8-10,14,17,22H,4-7,11-13,15-16H2,1-3H3. The molecule has 1 saturated heterocycles. The number of aliphatic hydroxyl groups is 1. The van der Waals surface area contributed by atoms with Gasteiger partial charge in [0.05, 0.1) is 6.61 Å². The van der Waals surface area contributed by atoms with Gasteiger partial charge < -0.3 is 10.0 Å². The molecule has 0 aromatic heterocycles. The Labute approximate surface area is 136 Å². The van der Waals surface area contributed by atoms with Crippen LogP contribution in [-0.2, 0) is 12.0 Å². The molecule has 124 valence electrons. The summed E-state index contributed by atoms with van der Waals surface area (Å²) in [5, 5.41) is 9.38. The van der Waals surface area contributed by atoms with Gasteiger partial charge in [-0.1, -0.05) is 64.3 Å². The molecule has 1 aliphatic rings. The third-order valence-electron chi connectivity index (χ3n) is 5.66. The highest BCUT2D eigenvalue weighted by atomic mass is 16.3. The third kappa shape index (κ3) is 4.11. The van der Waals surface area contributed by atoms with E-state index in [9.17, 15) is 5.11 Å². The Morgan fingerprint density at radius 3 is 2.77 bits per heavy atom. The molecular formula is C20H33NO. The van der Waals surface area contributed by atoms with Crippen molar-refractivity contribution in [3.05, 3.63) is 35.4 Å². The Morgan fingerprint density at radius 2 is 2.09 bits per heavy atom. The second-order valence-corrected chi connectivity index (χ2v) is 7.29. The first-order valence-corrected chi connectivity index (χ1v) is 9.02. The van der Waals surface area contributed by atoms with Crippen LogP contribution in [0.3, 0.4) is 0 Å². The van der Waals surface area contributed by atoms with Gasteiger partial charge in [-0.2, -0.15) is 0 Å². The monoisotopic (exact) mass is 303 g/mol. The maximum absolute atomic E-state index is 9.38. The third-order valence-corrected chi connectivity index (χ3v) is 5.66. The van der Waals surface area contributed by atoms with E-state index in [0.717, 1.165) is 5.56 Å². The summed E-state index contributed by atoms with van der Waals surface area (Å²) in [6.07, 6.45) is 6.62. The van der Waals surface area contributed by atoms with Crippen molar-refractivity contribution in [2.45, 2.75) is 64.9 Å². The zero-order valence-corrected chi connectivity index (χ0v) is 14.6. The molecule has 1 aromatic carbocycles. The number of unbranched alkanes of at least 4 members (excludes halogenated alkanes) is 3. The van der Waals surface area contributed by atoms with E-state index in [0.29, 0.717) is 5.92 Å². The van der Waals surface area contributed by atoms with Crippen molar-refractivity contribution in [1.82, 2.24) is 4.90 Å². The summed E-state index contributed by atoms with van der Waals surface area (Å²) in [5.41, 5.74) is 2.68. The highest BCUT2D eigenvalue weighted by Gasteiger charge is 2.37. The molecule has 1 heterocycles. The maximum Gasteiger partial charge on any atom is 0.0681 e. The number of likely N-dealkylation sites (tertiary alicyclic amines) is 1. The molecule has 0 bridgehead atoms. The molecule has 22 heavy (non-hydrogen) atoms. The van der Waals surface area contributed by atoms with Gasteiger partial charge in [-0.05, 0) is 48.4 Å². The number of nitrogens with zero attached hydrogens (tertiary/aromatic N) is 1. The number of hydrogen-bond acceptors (Lipinski definition) is 2. The van der Waals surface area contributed by atoms with E-state index >= 15 is 0 Å². The SMILES string of the molecule is CCCCCCN1CCC(C)(c2cccc(CO)c2)C(C)C1. The lowest BCUT2D eigenvalue weighted by Gasteiger charge is -2.45. The van der Waals surface area contributed by atoms with E-state index in [4.69, 9.17) is 0 Å². The summed E-state index contributed by atoms with van der Waals surface area (Å²) >= 11 is 0. The van der Waals surface area contributed by atoms with Crippen molar-refractivity contribution >= 4 is 0 Å². The van der Waals surface area contributed by atoms with E-state index in [2.05, 4.69) is 43.9 Å². The Morgan fingerprint density at radius 1 is 1.27 bits per heavy atom. The molecular weight excluding hydrogens is 270 g/mol. The van der Waals surface area contributed by atoms with Crippen LogP contribution in [0.5, 0.6) is 0 Å². The maximum atomic E-state index is 9.38. The summed E-state index contributed by atoms with van der Waals surface area (Å²) in [6.45, 7) is 10.9. The second kappa shape index (κ2) is 8.12. The van der Waals surface area contributed by atoms with Gasteiger partial charge in [0.25, 0.3) is 0 Å². The Bertz CT molecular complexity index is 459. The summed E-state index contributed by atoms with van der Waals surface area (Å²) in [5.74, 6) is 0.654. The fraction of sp³-hybridized carbons (Fsp3) is 0.700. The van der Waals surface area contributed by atoms with Crippen LogP contribution in [0, 0.1) is 5.92 Å². The normalized spacial score (nSPS) is 26.3. The Kier molecular flexibility index (Phi) is 6.46. The number of benzene rings is 1. The lowest BCUT2D eigenvalue weighted by atomic mass is 9.68. The average Bonchev–Trinajstić information content (AvgIpc) is 2.55. The molecule has 1 aliphatic heterocycles. The number of piperidine rings is 1. The van der Waals surface area contributed by atoms with Gasteiger partial charge in [0, 0.05) is 6.54 Å². The van der Waals surface area contributed by atoms with Crippen LogP contribution in [0.2, 0.25) is 0 Å². The highest BCUT2D eigenvalue weighted by molar-refractivity contribution is 5.31. The van der Waals surface area contributed by atoms with Gasteiger partial charge >= 0.3 is 0 Å². The first kappa shape index (κ1) is 17.5. The average molecular weight is 303 g/mol.